The van der Waals surface area contributed by atoms with Crippen molar-refractivity contribution in [3.63, 3.8) is 0 Å². The lowest BCUT2D eigenvalue weighted by Gasteiger charge is -2.06. The molecule has 1 aromatic heterocycles. The van der Waals surface area contributed by atoms with Crippen molar-refractivity contribution in [2.24, 2.45) is 5.73 Å². The quantitative estimate of drug-likeness (QED) is 0.900. The number of halogens is 1. The van der Waals surface area contributed by atoms with E-state index in [-0.39, 0.29) is 0 Å². The minimum absolute atomic E-state index is 0.321. The summed E-state index contributed by atoms with van der Waals surface area (Å²) < 4.78 is 1.02. The van der Waals surface area contributed by atoms with Crippen molar-refractivity contribution in [3.05, 3.63) is 28.4 Å². The molecule has 0 radical (unpaired) electrons. The number of nitrogen functional groups attached to an aromatic ring is 1. The highest BCUT2D eigenvalue weighted by molar-refractivity contribution is 9.10. The highest BCUT2D eigenvalue weighted by Gasteiger charge is 2.06. The molecule has 0 aliphatic rings. The topological polar surface area (TPSA) is 77.8 Å². The van der Waals surface area contributed by atoms with Gasteiger partial charge in [0.25, 0.3) is 0 Å². The summed E-state index contributed by atoms with van der Waals surface area (Å²) in [5.41, 5.74) is 13.0. The molecule has 1 heterocycles. The highest BCUT2D eigenvalue weighted by Crippen LogP contribution is 2.22. The second-order valence-corrected chi connectivity index (χ2v) is 4.50. The van der Waals surface area contributed by atoms with Gasteiger partial charge < -0.3 is 11.5 Å². The van der Waals surface area contributed by atoms with E-state index in [1.54, 1.807) is 0 Å². The van der Waals surface area contributed by atoms with Gasteiger partial charge in [0.05, 0.1) is 11.2 Å². The van der Waals surface area contributed by atoms with Crippen LogP contribution in [0.25, 0.3) is 10.9 Å². The molecule has 0 bridgehead atoms. The van der Waals surface area contributed by atoms with Gasteiger partial charge in [-0.05, 0) is 37.6 Å². The van der Waals surface area contributed by atoms with Gasteiger partial charge in [0.15, 0.2) is 0 Å². The fraction of sp³-hybridized carbons (Fsp3) is 0.273. The molecular weight excluding hydrogens is 268 g/mol. The zero-order valence-electron chi connectivity index (χ0n) is 8.78. The molecule has 2 rings (SSSR count). The summed E-state index contributed by atoms with van der Waals surface area (Å²) in [4.78, 5) is 8.47. The number of hydrogen-bond acceptors (Lipinski definition) is 4. The Morgan fingerprint density at radius 2 is 2.06 bits per heavy atom. The van der Waals surface area contributed by atoms with Crippen LogP contribution in [0.1, 0.15) is 12.1 Å². The predicted octanol–water partition coefficient (Wildman–Crippen LogP) is 1.87. The van der Waals surface area contributed by atoms with Crippen LogP contribution in [0.15, 0.2) is 22.7 Å². The summed E-state index contributed by atoms with van der Waals surface area (Å²) in [7, 11) is 0. The Hall–Kier alpha value is -1.20. The summed E-state index contributed by atoms with van der Waals surface area (Å²) in [5, 5.41) is 1.04. The van der Waals surface area contributed by atoms with Gasteiger partial charge in [-0.2, -0.15) is 0 Å². The number of aryl methyl sites for hydroxylation is 1. The second kappa shape index (κ2) is 4.76. The molecule has 4 nitrogen and oxygen atoms in total. The Bertz CT molecular complexity index is 513. The van der Waals surface area contributed by atoms with Crippen molar-refractivity contribution in [3.8, 4) is 0 Å². The molecule has 0 unspecified atom stereocenters. The van der Waals surface area contributed by atoms with Gasteiger partial charge in [0.1, 0.15) is 0 Å². The maximum Gasteiger partial charge on any atom is 0.220 e. The van der Waals surface area contributed by atoms with Crippen molar-refractivity contribution < 1.29 is 0 Å². The average molecular weight is 281 g/mol. The van der Waals surface area contributed by atoms with Crippen molar-refractivity contribution in [2.75, 3.05) is 12.3 Å². The Kier molecular flexibility index (Phi) is 3.36. The van der Waals surface area contributed by atoms with E-state index >= 15 is 0 Å². The van der Waals surface area contributed by atoms with Crippen LogP contribution >= 0.6 is 15.9 Å². The van der Waals surface area contributed by atoms with E-state index in [2.05, 4.69) is 25.9 Å². The molecule has 0 amide bonds. The first-order chi connectivity index (χ1) is 7.70. The van der Waals surface area contributed by atoms with Crippen LogP contribution in [0, 0.1) is 0 Å². The summed E-state index contributed by atoms with van der Waals surface area (Å²) in [6, 6.07) is 5.89. The Morgan fingerprint density at radius 1 is 1.25 bits per heavy atom. The molecule has 0 spiro atoms. The van der Waals surface area contributed by atoms with Gasteiger partial charge in [0, 0.05) is 9.86 Å². The third kappa shape index (κ3) is 2.31. The van der Waals surface area contributed by atoms with Crippen molar-refractivity contribution in [1.82, 2.24) is 9.97 Å². The summed E-state index contributed by atoms with van der Waals surface area (Å²) in [5.74, 6) is 0.321. The van der Waals surface area contributed by atoms with Gasteiger partial charge in [-0.3, -0.25) is 0 Å². The summed E-state index contributed by atoms with van der Waals surface area (Å²) in [6.45, 7) is 0.652. The molecule has 16 heavy (non-hydrogen) atoms. The summed E-state index contributed by atoms with van der Waals surface area (Å²) in [6.07, 6.45) is 1.73. The number of hydrogen-bond donors (Lipinski definition) is 2. The van der Waals surface area contributed by atoms with Gasteiger partial charge in [-0.25, -0.2) is 9.97 Å². The van der Waals surface area contributed by atoms with E-state index in [1.807, 2.05) is 18.2 Å². The fourth-order valence-corrected chi connectivity index (χ4v) is 2.00. The number of aromatic nitrogens is 2. The van der Waals surface area contributed by atoms with Crippen LogP contribution in [0.3, 0.4) is 0 Å². The molecule has 4 N–H and O–H groups in total. The van der Waals surface area contributed by atoms with Crippen molar-refractivity contribution in [1.29, 1.82) is 0 Å². The van der Waals surface area contributed by atoms with Crippen LogP contribution < -0.4 is 11.5 Å². The lowest BCUT2D eigenvalue weighted by Crippen LogP contribution is -2.05. The number of benzene rings is 1. The third-order valence-corrected chi connectivity index (χ3v) is 2.86. The molecule has 0 aliphatic carbocycles. The number of nitrogens with zero attached hydrogens (tertiary/aromatic N) is 2. The van der Waals surface area contributed by atoms with E-state index in [1.165, 1.54) is 0 Å². The zero-order chi connectivity index (χ0) is 11.5. The van der Waals surface area contributed by atoms with E-state index in [4.69, 9.17) is 11.5 Å². The van der Waals surface area contributed by atoms with Crippen molar-refractivity contribution >= 4 is 32.8 Å². The molecule has 5 heteroatoms. The minimum Gasteiger partial charge on any atom is -0.368 e. The monoisotopic (exact) mass is 280 g/mol. The number of fused-ring (bicyclic) bond motifs is 1. The number of rotatable bonds is 3. The van der Waals surface area contributed by atoms with E-state index in [0.717, 1.165) is 33.9 Å². The van der Waals surface area contributed by atoms with Crippen LogP contribution in [-0.2, 0) is 6.42 Å². The third-order valence-electron chi connectivity index (χ3n) is 2.37. The van der Waals surface area contributed by atoms with Gasteiger partial charge in [-0.1, -0.05) is 15.9 Å². The van der Waals surface area contributed by atoms with E-state index in [9.17, 15) is 0 Å². The van der Waals surface area contributed by atoms with Gasteiger partial charge >= 0.3 is 0 Å². The fourth-order valence-electron chi connectivity index (χ4n) is 1.64. The largest absolute Gasteiger partial charge is 0.368 e. The molecule has 1 aromatic carbocycles. The van der Waals surface area contributed by atoms with E-state index < -0.39 is 0 Å². The summed E-state index contributed by atoms with van der Waals surface area (Å²) >= 11 is 3.44. The first-order valence-electron chi connectivity index (χ1n) is 5.12. The average Bonchev–Trinajstić information content (AvgIpc) is 2.26. The van der Waals surface area contributed by atoms with Crippen LogP contribution in [-0.4, -0.2) is 16.5 Å². The first-order valence-corrected chi connectivity index (χ1v) is 5.91. The highest BCUT2D eigenvalue weighted by atomic mass is 79.9. The van der Waals surface area contributed by atoms with Crippen molar-refractivity contribution in [2.45, 2.75) is 12.8 Å². The van der Waals surface area contributed by atoms with E-state index in [0.29, 0.717) is 12.5 Å². The minimum atomic E-state index is 0.321. The first kappa shape index (κ1) is 11.3. The Balaban J connectivity index is 2.55. The van der Waals surface area contributed by atoms with Crippen LogP contribution in [0.4, 0.5) is 5.95 Å². The van der Waals surface area contributed by atoms with Crippen LogP contribution in [0.2, 0.25) is 0 Å². The maximum atomic E-state index is 5.67. The Labute approximate surface area is 102 Å². The molecule has 0 fully saturated rings. The molecule has 0 aliphatic heterocycles. The zero-order valence-corrected chi connectivity index (χ0v) is 10.4. The Morgan fingerprint density at radius 3 is 2.81 bits per heavy atom. The smallest absolute Gasteiger partial charge is 0.220 e. The number of anilines is 1. The van der Waals surface area contributed by atoms with Crippen LogP contribution in [0.5, 0.6) is 0 Å². The molecular formula is C11H13BrN4. The van der Waals surface area contributed by atoms with Gasteiger partial charge in [-0.15, -0.1) is 0 Å². The molecule has 0 atom stereocenters. The molecule has 2 aromatic rings. The second-order valence-electron chi connectivity index (χ2n) is 3.58. The molecule has 0 saturated heterocycles. The number of nitrogens with two attached hydrogens (primary N) is 2. The SMILES string of the molecule is NCCCc1nc(N)nc2ccc(Br)cc12. The normalized spacial score (nSPS) is 10.9. The standard InChI is InChI=1S/C11H13BrN4/c12-7-3-4-10-8(6-7)9(2-1-5-13)15-11(14)16-10/h3-4,6H,1-2,5,13H2,(H2,14,15,16). The predicted molar refractivity (Wildman–Crippen MR) is 69.0 cm³/mol. The van der Waals surface area contributed by atoms with Gasteiger partial charge in [0.2, 0.25) is 5.95 Å². The molecule has 84 valence electrons. The lowest BCUT2D eigenvalue weighted by molar-refractivity contribution is 0.815. The lowest BCUT2D eigenvalue weighted by atomic mass is 10.1. The maximum absolute atomic E-state index is 5.67. The molecule has 0 saturated carbocycles.